The summed E-state index contributed by atoms with van der Waals surface area (Å²) in [6.45, 7) is 2.03. The van der Waals surface area contributed by atoms with Gasteiger partial charge in [-0.3, -0.25) is 4.79 Å². The lowest BCUT2D eigenvalue weighted by molar-refractivity contribution is -0.141. The lowest BCUT2D eigenvalue weighted by atomic mass is 10.0. The highest BCUT2D eigenvalue weighted by molar-refractivity contribution is 8.01. The normalized spacial score (nSPS) is 26.5. The van der Waals surface area contributed by atoms with Crippen LogP contribution in [0.25, 0.3) is 0 Å². The van der Waals surface area contributed by atoms with E-state index < -0.39 is 10.9 Å². The molecule has 0 amide bonds. The number of carbonyl (C=O) groups excluding carboxylic acids is 1. The Kier molecular flexibility index (Phi) is 3.21. The molecule has 1 saturated heterocycles. The lowest BCUT2D eigenvalue weighted by Gasteiger charge is -2.26. The average molecular weight is 238 g/mol. The molecule has 0 radical (unpaired) electrons. The minimum atomic E-state index is -0.832. The van der Waals surface area contributed by atoms with Gasteiger partial charge in [0, 0.05) is 11.3 Å². The Bertz CT molecular complexity index is 377. The van der Waals surface area contributed by atoms with Crippen molar-refractivity contribution in [2.45, 2.75) is 29.1 Å². The van der Waals surface area contributed by atoms with Crippen LogP contribution in [0.3, 0.4) is 0 Å². The van der Waals surface area contributed by atoms with Gasteiger partial charge >= 0.3 is 5.97 Å². The van der Waals surface area contributed by atoms with Gasteiger partial charge < -0.3 is 9.84 Å². The van der Waals surface area contributed by atoms with Gasteiger partial charge in [0.1, 0.15) is 4.75 Å². The fraction of sp³-hybridized carbons (Fsp3) is 0.417. The summed E-state index contributed by atoms with van der Waals surface area (Å²) in [7, 11) is 0. The number of carbonyl (C=O) groups is 1. The zero-order chi connectivity index (χ0) is 11.6. The van der Waals surface area contributed by atoms with Gasteiger partial charge in [-0.25, -0.2) is 0 Å². The summed E-state index contributed by atoms with van der Waals surface area (Å²) >= 11 is 1.39. The fourth-order valence-corrected chi connectivity index (χ4v) is 2.99. The molecule has 3 nitrogen and oxygen atoms in total. The Balaban J connectivity index is 2.25. The van der Waals surface area contributed by atoms with Gasteiger partial charge in [0.2, 0.25) is 0 Å². The van der Waals surface area contributed by atoms with Crippen LogP contribution in [-0.4, -0.2) is 28.5 Å². The van der Waals surface area contributed by atoms with Crippen LogP contribution in [-0.2, 0) is 9.53 Å². The third-order valence-electron chi connectivity index (χ3n) is 2.77. The van der Waals surface area contributed by atoms with Gasteiger partial charge in [0.05, 0.1) is 12.7 Å². The molecule has 0 aromatic heterocycles. The molecule has 2 rings (SSSR count). The highest BCUT2D eigenvalue weighted by Crippen LogP contribution is 2.42. The molecule has 1 aromatic carbocycles. The van der Waals surface area contributed by atoms with Crippen LogP contribution >= 0.6 is 11.8 Å². The maximum absolute atomic E-state index is 11.7. The molecular formula is C12H14O3S. The minimum absolute atomic E-state index is 0.309. The standard InChI is InChI=1S/C12H14O3S/c1-9(13)12(7-8-15-11(12)14)16-10-5-3-2-4-6-10/h2-6,9,13H,7-8H2,1H3. The molecule has 0 saturated carbocycles. The van der Waals surface area contributed by atoms with E-state index in [2.05, 4.69) is 0 Å². The van der Waals surface area contributed by atoms with Crippen molar-refractivity contribution in [1.82, 2.24) is 0 Å². The first-order valence-electron chi connectivity index (χ1n) is 5.24. The molecule has 0 spiro atoms. The molecule has 0 bridgehead atoms. The van der Waals surface area contributed by atoms with Gasteiger partial charge in [0.15, 0.2) is 0 Å². The summed E-state index contributed by atoms with van der Waals surface area (Å²) in [6, 6.07) is 9.61. The number of benzene rings is 1. The molecular weight excluding hydrogens is 224 g/mol. The van der Waals surface area contributed by atoms with E-state index in [0.29, 0.717) is 13.0 Å². The van der Waals surface area contributed by atoms with Gasteiger partial charge in [-0.2, -0.15) is 0 Å². The summed E-state index contributed by atoms with van der Waals surface area (Å²) < 4.78 is 4.15. The Morgan fingerprint density at radius 3 is 2.62 bits per heavy atom. The molecule has 2 unspecified atom stereocenters. The number of hydrogen-bond donors (Lipinski definition) is 1. The van der Waals surface area contributed by atoms with E-state index in [1.165, 1.54) is 11.8 Å². The van der Waals surface area contributed by atoms with E-state index in [4.69, 9.17) is 4.74 Å². The number of aliphatic hydroxyl groups excluding tert-OH is 1. The smallest absolute Gasteiger partial charge is 0.325 e. The maximum Gasteiger partial charge on any atom is 0.325 e. The first kappa shape index (κ1) is 11.5. The largest absolute Gasteiger partial charge is 0.464 e. The molecule has 4 heteroatoms. The summed E-state index contributed by atoms with van der Waals surface area (Å²) in [5, 5.41) is 9.81. The molecule has 0 aliphatic carbocycles. The second-order valence-electron chi connectivity index (χ2n) is 3.87. The summed E-state index contributed by atoms with van der Waals surface area (Å²) in [5.41, 5.74) is 0. The zero-order valence-electron chi connectivity index (χ0n) is 9.05. The molecule has 1 aliphatic rings. The topological polar surface area (TPSA) is 46.5 Å². The number of hydrogen-bond acceptors (Lipinski definition) is 4. The van der Waals surface area contributed by atoms with Crippen molar-refractivity contribution in [3.63, 3.8) is 0 Å². The quantitative estimate of drug-likeness (QED) is 0.816. The Morgan fingerprint density at radius 1 is 1.44 bits per heavy atom. The molecule has 1 N–H and O–H groups in total. The monoisotopic (exact) mass is 238 g/mol. The second-order valence-corrected chi connectivity index (χ2v) is 5.27. The third-order valence-corrected chi connectivity index (χ3v) is 4.35. The Hall–Kier alpha value is -1.00. The van der Waals surface area contributed by atoms with Gasteiger partial charge in [0.25, 0.3) is 0 Å². The van der Waals surface area contributed by atoms with E-state index >= 15 is 0 Å². The van der Waals surface area contributed by atoms with Crippen molar-refractivity contribution in [3.8, 4) is 0 Å². The van der Waals surface area contributed by atoms with Crippen LogP contribution in [0.2, 0.25) is 0 Å². The van der Waals surface area contributed by atoms with E-state index in [1.807, 2.05) is 30.3 Å². The van der Waals surface area contributed by atoms with Crippen LogP contribution in [0.5, 0.6) is 0 Å². The van der Waals surface area contributed by atoms with E-state index in [1.54, 1.807) is 6.92 Å². The summed E-state index contributed by atoms with van der Waals surface area (Å²) in [4.78, 5) is 12.7. The highest BCUT2D eigenvalue weighted by atomic mass is 32.2. The van der Waals surface area contributed by atoms with Crippen molar-refractivity contribution < 1.29 is 14.6 Å². The molecule has 1 aliphatic heterocycles. The minimum Gasteiger partial charge on any atom is -0.464 e. The highest BCUT2D eigenvalue weighted by Gasteiger charge is 2.49. The number of esters is 1. The van der Waals surface area contributed by atoms with Crippen molar-refractivity contribution >= 4 is 17.7 Å². The summed E-state index contributed by atoms with van der Waals surface area (Å²) in [6.07, 6.45) is -0.156. The van der Waals surface area contributed by atoms with E-state index in [0.717, 1.165) is 4.90 Å². The van der Waals surface area contributed by atoms with Crippen molar-refractivity contribution in [1.29, 1.82) is 0 Å². The van der Waals surface area contributed by atoms with Gasteiger partial charge in [-0.15, -0.1) is 11.8 Å². The number of thioether (sulfide) groups is 1. The molecule has 1 heterocycles. The van der Waals surface area contributed by atoms with Crippen molar-refractivity contribution in [2.24, 2.45) is 0 Å². The molecule has 2 atom stereocenters. The maximum atomic E-state index is 11.7. The molecule has 86 valence electrons. The predicted octanol–water partition coefficient (Wildman–Crippen LogP) is 1.85. The van der Waals surface area contributed by atoms with Crippen LogP contribution < -0.4 is 0 Å². The predicted molar refractivity (Wildman–Crippen MR) is 62.3 cm³/mol. The lowest BCUT2D eigenvalue weighted by Crippen LogP contribution is -2.41. The van der Waals surface area contributed by atoms with Gasteiger partial charge in [-0.1, -0.05) is 18.2 Å². The van der Waals surface area contributed by atoms with E-state index in [-0.39, 0.29) is 5.97 Å². The number of cyclic esters (lactones) is 1. The summed E-state index contributed by atoms with van der Waals surface area (Å²) in [5.74, 6) is -0.309. The SMILES string of the molecule is CC(O)C1(Sc2ccccc2)CCOC1=O. The molecule has 1 fully saturated rings. The Morgan fingerprint density at radius 2 is 2.12 bits per heavy atom. The zero-order valence-corrected chi connectivity index (χ0v) is 9.87. The van der Waals surface area contributed by atoms with Crippen LogP contribution in [0, 0.1) is 0 Å². The number of ether oxygens (including phenoxy) is 1. The van der Waals surface area contributed by atoms with Gasteiger partial charge in [-0.05, 0) is 19.1 Å². The fourth-order valence-electron chi connectivity index (χ4n) is 1.78. The first-order chi connectivity index (χ1) is 7.65. The first-order valence-corrected chi connectivity index (χ1v) is 6.06. The van der Waals surface area contributed by atoms with Crippen molar-refractivity contribution in [3.05, 3.63) is 30.3 Å². The van der Waals surface area contributed by atoms with Crippen LogP contribution in [0.15, 0.2) is 35.2 Å². The average Bonchev–Trinajstić information content (AvgIpc) is 2.63. The molecule has 16 heavy (non-hydrogen) atoms. The second kappa shape index (κ2) is 4.47. The third kappa shape index (κ3) is 1.95. The Labute approximate surface area is 98.8 Å². The number of aliphatic hydroxyl groups is 1. The molecule has 1 aromatic rings. The number of rotatable bonds is 3. The van der Waals surface area contributed by atoms with E-state index in [9.17, 15) is 9.90 Å². The van der Waals surface area contributed by atoms with Crippen LogP contribution in [0.4, 0.5) is 0 Å². The van der Waals surface area contributed by atoms with Crippen molar-refractivity contribution in [2.75, 3.05) is 6.61 Å². The van der Waals surface area contributed by atoms with Crippen LogP contribution in [0.1, 0.15) is 13.3 Å².